The van der Waals surface area contributed by atoms with Crippen LogP contribution in [0.5, 0.6) is 5.75 Å². The van der Waals surface area contributed by atoms with Crippen LogP contribution in [0.2, 0.25) is 0 Å². The molecule has 1 aromatic carbocycles. The Hall–Kier alpha value is -1.92. The average molecular weight is 388 g/mol. The number of amides is 1. The van der Waals surface area contributed by atoms with Crippen molar-refractivity contribution in [1.29, 1.82) is 0 Å². The van der Waals surface area contributed by atoms with Crippen LogP contribution < -0.4 is 10.1 Å². The van der Waals surface area contributed by atoms with Crippen molar-refractivity contribution in [3.63, 3.8) is 0 Å². The van der Waals surface area contributed by atoms with Gasteiger partial charge < -0.3 is 10.1 Å². The van der Waals surface area contributed by atoms with Gasteiger partial charge in [-0.15, -0.1) is 11.3 Å². The molecule has 1 unspecified atom stereocenters. The summed E-state index contributed by atoms with van der Waals surface area (Å²) in [4.78, 5) is 20.2. The molecule has 0 spiro atoms. The third kappa shape index (κ3) is 6.33. The Morgan fingerprint density at radius 3 is 2.93 bits per heavy atom. The maximum absolute atomic E-state index is 12.1. The fourth-order valence-electron chi connectivity index (χ4n) is 3.27. The summed E-state index contributed by atoms with van der Waals surface area (Å²) in [7, 11) is 0. The number of hydrogen-bond donors (Lipinski definition) is 1. The number of carbonyl (C=O) groups excluding carboxylic acids is 1. The van der Waals surface area contributed by atoms with Crippen molar-refractivity contribution in [2.24, 2.45) is 0 Å². The van der Waals surface area contributed by atoms with E-state index in [2.05, 4.69) is 22.1 Å². The van der Waals surface area contributed by atoms with Crippen molar-refractivity contribution in [3.8, 4) is 5.75 Å². The zero-order chi connectivity index (χ0) is 19.1. The number of carbonyl (C=O) groups is 1. The Bertz CT molecular complexity index is 729. The second-order valence-electron chi connectivity index (χ2n) is 7.26. The third-order valence-electron chi connectivity index (χ3n) is 4.94. The van der Waals surface area contributed by atoms with Crippen LogP contribution >= 0.6 is 11.3 Å². The summed E-state index contributed by atoms with van der Waals surface area (Å²) in [5, 5.41) is 3.60. The van der Waals surface area contributed by atoms with Crippen LogP contribution in [0, 0.1) is 6.92 Å². The lowest BCUT2D eigenvalue weighted by atomic mass is 10.0. The number of rotatable bonds is 8. The number of hydrogen-bond acceptors (Lipinski definition) is 5. The van der Waals surface area contributed by atoms with E-state index in [1.165, 1.54) is 29.7 Å². The summed E-state index contributed by atoms with van der Waals surface area (Å²) < 4.78 is 5.66. The first-order chi connectivity index (χ1) is 13.1. The summed E-state index contributed by atoms with van der Waals surface area (Å²) in [5.74, 6) is 0.840. The Kier molecular flexibility index (Phi) is 7.24. The number of nitrogens with one attached hydrogen (secondary N) is 1. The highest BCUT2D eigenvalue weighted by atomic mass is 32.1. The molecular formula is C21H29N3O2S. The van der Waals surface area contributed by atoms with Gasteiger partial charge in [-0.3, -0.25) is 9.69 Å². The molecular weight excluding hydrogens is 358 g/mol. The molecule has 1 aliphatic rings. The van der Waals surface area contributed by atoms with Crippen molar-refractivity contribution >= 4 is 22.4 Å². The summed E-state index contributed by atoms with van der Waals surface area (Å²) in [6, 6.07) is 8.58. The smallest absolute Gasteiger partial charge is 0.226 e. The molecule has 1 amide bonds. The molecule has 5 nitrogen and oxygen atoms in total. The van der Waals surface area contributed by atoms with Gasteiger partial charge >= 0.3 is 0 Å². The molecule has 1 N–H and O–H groups in total. The molecule has 1 saturated heterocycles. The van der Waals surface area contributed by atoms with Gasteiger partial charge in [0.15, 0.2) is 5.13 Å². The van der Waals surface area contributed by atoms with E-state index >= 15 is 0 Å². The molecule has 1 fully saturated rings. The summed E-state index contributed by atoms with van der Waals surface area (Å²) >= 11 is 1.58. The highest BCUT2D eigenvalue weighted by Gasteiger charge is 2.19. The topological polar surface area (TPSA) is 54.5 Å². The van der Waals surface area contributed by atoms with E-state index < -0.39 is 0 Å². The van der Waals surface area contributed by atoms with Gasteiger partial charge in [0, 0.05) is 30.1 Å². The van der Waals surface area contributed by atoms with Gasteiger partial charge in [-0.25, -0.2) is 4.98 Å². The molecule has 0 saturated carbocycles. The molecule has 0 radical (unpaired) electrons. The number of anilines is 1. The largest absolute Gasteiger partial charge is 0.494 e. The molecule has 1 aliphatic heterocycles. The Morgan fingerprint density at radius 1 is 1.33 bits per heavy atom. The Morgan fingerprint density at radius 2 is 2.15 bits per heavy atom. The molecule has 3 rings (SSSR count). The monoisotopic (exact) mass is 387 g/mol. The normalized spacial score (nSPS) is 17.6. The maximum Gasteiger partial charge on any atom is 0.226 e. The molecule has 6 heteroatoms. The fourth-order valence-corrected chi connectivity index (χ4v) is 4.12. The van der Waals surface area contributed by atoms with Crippen LogP contribution in [0.3, 0.4) is 0 Å². The van der Waals surface area contributed by atoms with E-state index in [0.29, 0.717) is 30.6 Å². The van der Waals surface area contributed by atoms with Gasteiger partial charge in [-0.05, 0) is 51.8 Å². The number of aromatic nitrogens is 1. The van der Waals surface area contributed by atoms with Crippen LogP contribution in [-0.2, 0) is 11.3 Å². The summed E-state index contributed by atoms with van der Waals surface area (Å²) in [6.45, 7) is 6.96. The third-order valence-corrected chi connectivity index (χ3v) is 5.83. The van der Waals surface area contributed by atoms with Gasteiger partial charge in [-0.1, -0.05) is 24.1 Å². The van der Waals surface area contributed by atoms with E-state index in [1.807, 2.05) is 37.4 Å². The molecule has 1 atom stereocenters. The highest BCUT2D eigenvalue weighted by Crippen LogP contribution is 2.24. The first-order valence-corrected chi connectivity index (χ1v) is 10.6. The van der Waals surface area contributed by atoms with Crippen LogP contribution in [0.15, 0.2) is 30.5 Å². The van der Waals surface area contributed by atoms with Gasteiger partial charge in [0.05, 0.1) is 6.61 Å². The van der Waals surface area contributed by atoms with E-state index in [1.54, 1.807) is 11.3 Å². The molecule has 146 valence electrons. The quantitative estimate of drug-likeness (QED) is 0.671. The molecule has 0 bridgehead atoms. The number of benzene rings is 1. The molecule has 2 heterocycles. The van der Waals surface area contributed by atoms with Crippen LogP contribution in [0.25, 0.3) is 0 Å². The number of thiazole rings is 1. The Labute approximate surface area is 165 Å². The average Bonchev–Trinajstić information content (AvgIpc) is 3.09. The zero-order valence-electron chi connectivity index (χ0n) is 16.2. The highest BCUT2D eigenvalue weighted by molar-refractivity contribution is 7.15. The van der Waals surface area contributed by atoms with Gasteiger partial charge in [0.1, 0.15) is 5.75 Å². The van der Waals surface area contributed by atoms with Crippen LogP contribution in [0.4, 0.5) is 5.13 Å². The van der Waals surface area contributed by atoms with Crippen molar-refractivity contribution in [2.75, 3.05) is 18.5 Å². The summed E-state index contributed by atoms with van der Waals surface area (Å²) in [5.41, 5.74) is 1.21. The predicted octanol–water partition coefficient (Wildman–Crippen LogP) is 4.62. The van der Waals surface area contributed by atoms with Crippen molar-refractivity contribution in [1.82, 2.24) is 9.88 Å². The minimum atomic E-state index is -0.00486. The van der Waals surface area contributed by atoms with Crippen LogP contribution in [0.1, 0.15) is 49.5 Å². The maximum atomic E-state index is 12.1. The summed E-state index contributed by atoms with van der Waals surface area (Å²) in [6.07, 6.45) is 6.88. The minimum Gasteiger partial charge on any atom is -0.494 e. The Balaban J connectivity index is 1.36. The molecule has 27 heavy (non-hydrogen) atoms. The van der Waals surface area contributed by atoms with Crippen molar-refractivity contribution < 1.29 is 9.53 Å². The molecule has 1 aromatic heterocycles. The lowest BCUT2D eigenvalue weighted by molar-refractivity contribution is -0.116. The van der Waals surface area contributed by atoms with E-state index in [4.69, 9.17) is 4.74 Å². The second-order valence-corrected chi connectivity index (χ2v) is 8.38. The lowest BCUT2D eigenvalue weighted by Crippen LogP contribution is -2.36. The fraction of sp³-hybridized carbons (Fsp3) is 0.524. The molecule has 0 aliphatic carbocycles. The van der Waals surface area contributed by atoms with Gasteiger partial charge in [0.2, 0.25) is 5.91 Å². The standard InChI is InChI=1S/C21H29N3O2S/c1-16-8-10-18(11-9-16)26-13-5-7-20(25)23-21-22-14-19(27-21)15-24-12-4-3-6-17(24)2/h8-11,14,17H,3-7,12-13,15H2,1-2H3,(H,22,23,25). The number of aryl methyl sites for hydroxylation is 1. The SMILES string of the molecule is Cc1ccc(OCCCC(=O)Nc2ncc(CN3CCCCC3C)s2)cc1. The number of piperidine rings is 1. The van der Waals surface area contributed by atoms with Gasteiger partial charge in [-0.2, -0.15) is 0 Å². The van der Waals surface area contributed by atoms with Crippen LogP contribution in [-0.4, -0.2) is 35.0 Å². The number of nitrogens with zero attached hydrogens (tertiary/aromatic N) is 2. The van der Waals surface area contributed by atoms with E-state index in [9.17, 15) is 4.79 Å². The lowest BCUT2D eigenvalue weighted by Gasteiger charge is -2.32. The van der Waals surface area contributed by atoms with E-state index in [0.717, 1.165) is 18.8 Å². The van der Waals surface area contributed by atoms with E-state index in [-0.39, 0.29) is 5.91 Å². The molecule has 2 aromatic rings. The van der Waals surface area contributed by atoms with Gasteiger partial charge in [0.25, 0.3) is 0 Å². The number of likely N-dealkylation sites (tertiary alicyclic amines) is 1. The second kappa shape index (κ2) is 9.85. The van der Waals surface area contributed by atoms with Crippen molar-refractivity contribution in [3.05, 3.63) is 40.9 Å². The first-order valence-electron chi connectivity index (χ1n) is 9.78. The first kappa shape index (κ1) is 19.8. The predicted molar refractivity (Wildman–Crippen MR) is 110 cm³/mol. The number of ether oxygens (including phenoxy) is 1. The minimum absolute atomic E-state index is 0.00486. The van der Waals surface area contributed by atoms with Crippen molar-refractivity contribution in [2.45, 2.75) is 58.5 Å². The zero-order valence-corrected chi connectivity index (χ0v) is 17.1.